The van der Waals surface area contributed by atoms with Crippen LogP contribution in [0.3, 0.4) is 0 Å². The smallest absolute Gasteiger partial charge is 0.133 e. The van der Waals surface area contributed by atoms with E-state index in [1.165, 1.54) is 12.1 Å². The fourth-order valence-electron chi connectivity index (χ4n) is 2.20. The van der Waals surface area contributed by atoms with Crippen molar-refractivity contribution in [2.45, 2.75) is 26.3 Å². The van der Waals surface area contributed by atoms with E-state index in [1.807, 2.05) is 0 Å². The number of aryl methyl sites for hydroxylation is 1. The van der Waals surface area contributed by atoms with Crippen molar-refractivity contribution >= 4 is 0 Å². The van der Waals surface area contributed by atoms with E-state index in [9.17, 15) is 8.78 Å². The van der Waals surface area contributed by atoms with Gasteiger partial charge in [-0.15, -0.1) is 0 Å². The van der Waals surface area contributed by atoms with Crippen LogP contribution in [0.5, 0.6) is 0 Å². The van der Waals surface area contributed by atoms with Crippen LogP contribution in [0.2, 0.25) is 0 Å². The monoisotopic (exact) mass is 226 g/mol. The minimum Gasteiger partial charge on any atom is -0.271 e. The second kappa shape index (κ2) is 4.11. The van der Waals surface area contributed by atoms with E-state index in [-0.39, 0.29) is 11.5 Å². The molecule has 0 radical (unpaired) electrons. The first-order chi connectivity index (χ1) is 7.56. The summed E-state index contributed by atoms with van der Waals surface area (Å²) in [6, 6.07) is 2.32. The van der Waals surface area contributed by atoms with Gasteiger partial charge in [-0.25, -0.2) is 8.78 Å². The number of nitrogens with one attached hydrogen (secondary N) is 1. The Bertz CT molecular complexity index is 406. The molecule has 1 fully saturated rings. The zero-order chi connectivity index (χ0) is 11.9. The quantitative estimate of drug-likeness (QED) is 0.613. The van der Waals surface area contributed by atoms with Crippen LogP contribution in [0.25, 0.3) is 0 Å². The van der Waals surface area contributed by atoms with Crippen molar-refractivity contribution in [3.05, 3.63) is 34.9 Å². The van der Waals surface area contributed by atoms with Gasteiger partial charge in [-0.05, 0) is 36.8 Å². The van der Waals surface area contributed by atoms with Crippen molar-refractivity contribution in [2.75, 3.05) is 0 Å². The third-order valence-corrected chi connectivity index (χ3v) is 3.41. The van der Waals surface area contributed by atoms with Gasteiger partial charge in [0.05, 0.1) is 6.04 Å². The Labute approximate surface area is 93.8 Å². The molecule has 0 heterocycles. The first-order valence-electron chi connectivity index (χ1n) is 5.47. The molecular weight excluding hydrogens is 210 g/mol. The number of hydrogen-bond acceptors (Lipinski definition) is 2. The van der Waals surface area contributed by atoms with Gasteiger partial charge in [0.15, 0.2) is 0 Å². The molecule has 1 aliphatic carbocycles. The van der Waals surface area contributed by atoms with Gasteiger partial charge in [-0.1, -0.05) is 13.0 Å². The fraction of sp³-hybridized carbons (Fsp3) is 0.500. The number of halogens is 2. The molecule has 0 bridgehead atoms. The molecule has 2 rings (SSSR count). The lowest BCUT2D eigenvalue weighted by atomic mass is 9.98. The van der Waals surface area contributed by atoms with E-state index < -0.39 is 17.7 Å². The van der Waals surface area contributed by atoms with Crippen LogP contribution in [0.4, 0.5) is 8.78 Å². The van der Waals surface area contributed by atoms with E-state index in [4.69, 9.17) is 5.84 Å². The van der Waals surface area contributed by atoms with E-state index in [1.54, 1.807) is 6.92 Å². The summed E-state index contributed by atoms with van der Waals surface area (Å²) in [7, 11) is 0. The molecule has 4 heteroatoms. The van der Waals surface area contributed by atoms with Crippen molar-refractivity contribution in [1.29, 1.82) is 0 Å². The molecule has 2 nitrogen and oxygen atoms in total. The zero-order valence-corrected chi connectivity index (χ0v) is 9.43. The number of hydrazine groups is 1. The maximum absolute atomic E-state index is 13.9. The van der Waals surface area contributed by atoms with Crippen molar-refractivity contribution in [2.24, 2.45) is 17.7 Å². The lowest BCUT2D eigenvalue weighted by molar-refractivity contribution is 0.425. The standard InChI is InChI=1S/C12H16F2N2/c1-6-3-4-9(13)10(11(6)14)12(16-15)8-5-7(8)2/h3-4,7-8,12,16H,5,15H2,1-2H3. The molecule has 3 N–H and O–H groups in total. The molecule has 1 aromatic rings. The highest BCUT2D eigenvalue weighted by Crippen LogP contribution is 2.47. The summed E-state index contributed by atoms with van der Waals surface area (Å²) in [6.07, 6.45) is 0.960. The van der Waals surface area contributed by atoms with Gasteiger partial charge in [0.25, 0.3) is 0 Å². The highest BCUT2D eigenvalue weighted by atomic mass is 19.1. The van der Waals surface area contributed by atoms with E-state index in [2.05, 4.69) is 12.3 Å². The fourth-order valence-corrected chi connectivity index (χ4v) is 2.20. The minimum atomic E-state index is -0.523. The summed E-state index contributed by atoms with van der Waals surface area (Å²) < 4.78 is 27.5. The molecule has 1 aromatic carbocycles. The van der Waals surface area contributed by atoms with Gasteiger partial charge in [-0.3, -0.25) is 11.3 Å². The van der Waals surface area contributed by atoms with E-state index >= 15 is 0 Å². The maximum Gasteiger partial charge on any atom is 0.133 e. The Balaban J connectivity index is 2.41. The van der Waals surface area contributed by atoms with E-state index in [0.29, 0.717) is 11.5 Å². The van der Waals surface area contributed by atoms with Crippen LogP contribution in [0.15, 0.2) is 12.1 Å². The van der Waals surface area contributed by atoms with Crippen molar-refractivity contribution < 1.29 is 8.78 Å². The Morgan fingerprint density at radius 2 is 2.06 bits per heavy atom. The topological polar surface area (TPSA) is 38.0 Å². The van der Waals surface area contributed by atoms with Crippen LogP contribution >= 0.6 is 0 Å². The molecule has 0 saturated heterocycles. The normalized spacial score (nSPS) is 25.6. The van der Waals surface area contributed by atoms with Gasteiger partial charge < -0.3 is 0 Å². The summed E-state index contributed by atoms with van der Waals surface area (Å²) in [5, 5.41) is 0. The van der Waals surface area contributed by atoms with Crippen LogP contribution in [0.1, 0.15) is 30.5 Å². The lowest BCUT2D eigenvalue weighted by Gasteiger charge is -2.18. The lowest BCUT2D eigenvalue weighted by Crippen LogP contribution is -2.31. The largest absolute Gasteiger partial charge is 0.271 e. The minimum absolute atomic E-state index is 0.0804. The van der Waals surface area contributed by atoms with Gasteiger partial charge in [-0.2, -0.15) is 0 Å². The SMILES string of the molecule is Cc1ccc(F)c(C(NN)C2CC2C)c1F. The van der Waals surface area contributed by atoms with Gasteiger partial charge in [0, 0.05) is 5.56 Å². The van der Waals surface area contributed by atoms with Gasteiger partial charge in [0.2, 0.25) is 0 Å². The highest BCUT2D eigenvalue weighted by Gasteiger charge is 2.42. The van der Waals surface area contributed by atoms with Gasteiger partial charge in [0.1, 0.15) is 11.6 Å². The van der Waals surface area contributed by atoms with Crippen LogP contribution < -0.4 is 11.3 Å². The summed E-state index contributed by atoms with van der Waals surface area (Å²) in [6.45, 7) is 3.68. The molecule has 1 aliphatic rings. The first kappa shape index (κ1) is 11.5. The molecule has 0 amide bonds. The predicted octanol–water partition coefficient (Wildman–Crippen LogP) is 2.43. The Kier molecular flexibility index (Phi) is 2.95. The van der Waals surface area contributed by atoms with Crippen molar-refractivity contribution in [1.82, 2.24) is 5.43 Å². The van der Waals surface area contributed by atoms with Gasteiger partial charge >= 0.3 is 0 Å². The Morgan fingerprint density at radius 3 is 2.56 bits per heavy atom. The average molecular weight is 226 g/mol. The molecule has 16 heavy (non-hydrogen) atoms. The third-order valence-electron chi connectivity index (χ3n) is 3.41. The molecule has 88 valence electrons. The molecule has 0 aromatic heterocycles. The summed E-state index contributed by atoms with van der Waals surface area (Å²) in [5.74, 6) is 5.11. The molecule has 3 unspecified atom stereocenters. The second-order valence-corrected chi connectivity index (χ2v) is 4.61. The average Bonchev–Trinajstić information content (AvgIpc) is 2.96. The molecule has 1 saturated carbocycles. The summed E-state index contributed by atoms with van der Waals surface area (Å²) in [5.41, 5.74) is 3.07. The third kappa shape index (κ3) is 1.83. The van der Waals surface area contributed by atoms with Crippen LogP contribution in [0, 0.1) is 30.4 Å². The second-order valence-electron chi connectivity index (χ2n) is 4.61. The number of rotatable bonds is 3. The van der Waals surface area contributed by atoms with Crippen molar-refractivity contribution in [3.8, 4) is 0 Å². The summed E-state index contributed by atoms with van der Waals surface area (Å²) >= 11 is 0. The van der Waals surface area contributed by atoms with Crippen molar-refractivity contribution in [3.63, 3.8) is 0 Å². The number of benzene rings is 1. The zero-order valence-electron chi connectivity index (χ0n) is 9.43. The molecule has 3 atom stereocenters. The summed E-state index contributed by atoms with van der Waals surface area (Å²) in [4.78, 5) is 0. The van der Waals surface area contributed by atoms with Crippen LogP contribution in [-0.2, 0) is 0 Å². The van der Waals surface area contributed by atoms with Crippen LogP contribution in [-0.4, -0.2) is 0 Å². The Hall–Kier alpha value is -1.00. The molecule has 0 spiro atoms. The highest BCUT2D eigenvalue weighted by molar-refractivity contribution is 5.30. The number of hydrogen-bond donors (Lipinski definition) is 2. The van der Waals surface area contributed by atoms with E-state index in [0.717, 1.165) is 6.42 Å². The predicted molar refractivity (Wildman–Crippen MR) is 58.4 cm³/mol. The maximum atomic E-state index is 13.9. The Morgan fingerprint density at radius 1 is 1.44 bits per heavy atom. The number of nitrogens with two attached hydrogens (primary N) is 1. The molecule has 0 aliphatic heterocycles. The first-order valence-corrected chi connectivity index (χ1v) is 5.47. The molecular formula is C12H16F2N2.